The number of imide groups is 1. The number of ether oxygens (including phenoxy) is 3. The standard InChI is InChI=1S/C17H23NO10/c1-4-5-8-25-17(24)12(27-11(3)19)9-15(22)26-10(2)16(23)28-18-13(20)6-7-14(18)21/h10,12H,4-9H2,1-3H3/t10-,12-/m0/s1. The first-order valence-corrected chi connectivity index (χ1v) is 8.76. The van der Waals surface area contributed by atoms with Gasteiger partial charge in [0.2, 0.25) is 6.10 Å². The van der Waals surface area contributed by atoms with Crippen LogP contribution in [0.2, 0.25) is 0 Å². The van der Waals surface area contributed by atoms with Gasteiger partial charge in [-0.05, 0) is 13.3 Å². The molecule has 1 fully saturated rings. The Hall–Kier alpha value is -2.98. The average Bonchev–Trinajstić information content (AvgIpc) is 2.92. The summed E-state index contributed by atoms with van der Waals surface area (Å²) < 4.78 is 14.5. The molecule has 11 nitrogen and oxygen atoms in total. The Morgan fingerprint density at radius 3 is 2.18 bits per heavy atom. The van der Waals surface area contributed by atoms with Crippen LogP contribution in [-0.4, -0.2) is 59.6 Å². The predicted molar refractivity (Wildman–Crippen MR) is 88.8 cm³/mol. The summed E-state index contributed by atoms with van der Waals surface area (Å²) in [5, 5.41) is 0.319. The smallest absolute Gasteiger partial charge is 0.373 e. The van der Waals surface area contributed by atoms with E-state index in [1.807, 2.05) is 6.92 Å². The third kappa shape index (κ3) is 7.33. The van der Waals surface area contributed by atoms with Crippen molar-refractivity contribution in [2.75, 3.05) is 6.61 Å². The van der Waals surface area contributed by atoms with E-state index in [4.69, 9.17) is 14.2 Å². The number of amides is 2. The molecule has 0 aromatic rings. The van der Waals surface area contributed by atoms with Crippen LogP contribution in [0.25, 0.3) is 0 Å². The molecule has 1 aliphatic heterocycles. The lowest BCUT2D eigenvalue weighted by Crippen LogP contribution is -2.38. The van der Waals surface area contributed by atoms with Crippen molar-refractivity contribution < 1.29 is 47.8 Å². The largest absolute Gasteiger partial charge is 0.463 e. The highest BCUT2D eigenvalue weighted by Crippen LogP contribution is 2.14. The fourth-order valence-corrected chi connectivity index (χ4v) is 2.05. The van der Waals surface area contributed by atoms with Crippen LogP contribution in [0.4, 0.5) is 0 Å². The van der Waals surface area contributed by atoms with Gasteiger partial charge in [-0.2, -0.15) is 0 Å². The summed E-state index contributed by atoms with van der Waals surface area (Å²) >= 11 is 0. The molecule has 0 radical (unpaired) electrons. The predicted octanol–water partition coefficient (Wildman–Crippen LogP) is 0.190. The van der Waals surface area contributed by atoms with E-state index in [9.17, 15) is 28.8 Å². The molecule has 1 aliphatic rings. The molecule has 0 saturated carbocycles. The van der Waals surface area contributed by atoms with E-state index >= 15 is 0 Å². The van der Waals surface area contributed by atoms with Gasteiger partial charge in [0.15, 0.2) is 6.10 Å². The van der Waals surface area contributed by atoms with Crippen LogP contribution in [0, 0.1) is 0 Å². The van der Waals surface area contributed by atoms with E-state index < -0.39 is 54.3 Å². The SMILES string of the molecule is CCCCOC(=O)[C@H](CC(=O)O[C@@H](C)C(=O)ON1C(=O)CCC1=O)OC(C)=O. The molecule has 156 valence electrons. The van der Waals surface area contributed by atoms with E-state index in [1.165, 1.54) is 0 Å². The molecule has 11 heteroatoms. The van der Waals surface area contributed by atoms with Gasteiger partial charge in [0.25, 0.3) is 11.8 Å². The van der Waals surface area contributed by atoms with E-state index in [0.717, 1.165) is 20.3 Å². The summed E-state index contributed by atoms with van der Waals surface area (Å²) in [6.45, 7) is 4.20. The second kappa shape index (κ2) is 11.0. The van der Waals surface area contributed by atoms with Gasteiger partial charge in [0.1, 0.15) is 0 Å². The minimum absolute atomic E-state index is 0.0789. The van der Waals surface area contributed by atoms with Crippen molar-refractivity contribution in [2.24, 2.45) is 0 Å². The van der Waals surface area contributed by atoms with Crippen LogP contribution < -0.4 is 0 Å². The van der Waals surface area contributed by atoms with Crippen LogP contribution >= 0.6 is 0 Å². The third-order valence-corrected chi connectivity index (χ3v) is 3.49. The Bertz CT molecular complexity index is 628. The molecule has 0 N–H and O–H groups in total. The molecule has 1 heterocycles. The van der Waals surface area contributed by atoms with E-state index in [2.05, 4.69) is 4.84 Å². The monoisotopic (exact) mass is 401 g/mol. The Morgan fingerprint density at radius 1 is 1.04 bits per heavy atom. The van der Waals surface area contributed by atoms with Gasteiger partial charge in [-0.3, -0.25) is 19.2 Å². The van der Waals surface area contributed by atoms with Gasteiger partial charge in [0, 0.05) is 19.8 Å². The molecular weight excluding hydrogens is 378 g/mol. The molecular formula is C17H23NO10. The number of esters is 3. The van der Waals surface area contributed by atoms with Crippen molar-refractivity contribution in [1.82, 2.24) is 5.06 Å². The summed E-state index contributed by atoms with van der Waals surface area (Å²) in [6, 6.07) is 0. The average molecular weight is 401 g/mol. The van der Waals surface area contributed by atoms with Gasteiger partial charge >= 0.3 is 23.9 Å². The number of hydrogen-bond acceptors (Lipinski definition) is 10. The Balaban J connectivity index is 2.58. The summed E-state index contributed by atoms with van der Waals surface area (Å²) in [5.74, 6) is -5.26. The summed E-state index contributed by atoms with van der Waals surface area (Å²) in [5.41, 5.74) is 0. The third-order valence-electron chi connectivity index (χ3n) is 3.49. The zero-order chi connectivity index (χ0) is 21.3. The van der Waals surface area contributed by atoms with Crippen molar-refractivity contribution in [2.45, 2.75) is 65.1 Å². The Labute approximate surface area is 161 Å². The van der Waals surface area contributed by atoms with Gasteiger partial charge in [-0.1, -0.05) is 13.3 Å². The maximum absolute atomic E-state index is 12.0. The highest BCUT2D eigenvalue weighted by atomic mass is 16.7. The van der Waals surface area contributed by atoms with Gasteiger partial charge in [-0.15, -0.1) is 5.06 Å². The minimum atomic E-state index is -1.52. The molecule has 0 aromatic carbocycles. The van der Waals surface area contributed by atoms with Gasteiger partial charge in [-0.25, -0.2) is 9.59 Å². The second-order valence-electron chi connectivity index (χ2n) is 5.95. The van der Waals surface area contributed by atoms with Crippen molar-refractivity contribution in [3.05, 3.63) is 0 Å². The maximum atomic E-state index is 12.0. The van der Waals surface area contributed by atoms with Crippen molar-refractivity contribution >= 4 is 35.7 Å². The summed E-state index contributed by atoms with van der Waals surface area (Å²) in [4.78, 5) is 74.4. The highest BCUT2D eigenvalue weighted by molar-refractivity contribution is 6.01. The molecule has 0 unspecified atom stereocenters. The first-order chi connectivity index (χ1) is 13.1. The van der Waals surface area contributed by atoms with Crippen LogP contribution in [0.15, 0.2) is 0 Å². The normalized spacial score (nSPS) is 15.6. The molecule has 28 heavy (non-hydrogen) atoms. The second-order valence-corrected chi connectivity index (χ2v) is 5.95. The van der Waals surface area contributed by atoms with Crippen molar-refractivity contribution in [3.8, 4) is 0 Å². The number of hydroxylamine groups is 2. The maximum Gasteiger partial charge on any atom is 0.373 e. The summed E-state index contributed by atoms with van der Waals surface area (Å²) in [6.07, 6.45) is -2.46. The fourth-order valence-electron chi connectivity index (χ4n) is 2.05. The molecule has 2 atom stereocenters. The number of rotatable bonds is 10. The summed E-state index contributed by atoms with van der Waals surface area (Å²) in [7, 11) is 0. The molecule has 0 spiro atoms. The molecule has 0 bridgehead atoms. The first-order valence-electron chi connectivity index (χ1n) is 8.76. The zero-order valence-corrected chi connectivity index (χ0v) is 15.9. The lowest BCUT2D eigenvalue weighted by molar-refractivity contribution is -0.205. The highest BCUT2D eigenvalue weighted by Gasteiger charge is 2.35. The molecule has 2 amide bonds. The lowest BCUT2D eigenvalue weighted by atomic mass is 10.2. The van der Waals surface area contributed by atoms with E-state index in [1.54, 1.807) is 0 Å². The van der Waals surface area contributed by atoms with Crippen LogP contribution in [-0.2, 0) is 47.8 Å². The lowest BCUT2D eigenvalue weighted by Gasteiger charge is -2.18. The van der Waals surface area contributed by atoms with Gasteiger partial charge < -0.3 is 19.0 Å². The number of carbonyl (C=O) groups is 6. The first kappa shape index (κ1) is 23.1. The van der Waals surface area contributed by atoms with Crippen LogP contribution in [0.5, 0.6) is 0 Å². The van der Waals surface area contributed by atoms with E-state index in [0.29, 0.717) is 11.5 Å². The number of unbranched alkanes of at least 4 members (excludes halogenated alkanes) is 1. The number of hydrogen-bond donors (Lipinski definition) is 0. The number of nitrogens with zero attached hydrogens (tertiary/aromatic N) is 1. The topological polar surface area (TPSA) is 143 Å². The molecule has 1 rings (SSSR count). The van der Waals surface area contributed by atoms with Gasteiger partial charge in [0.05, 0.1) is 13.0 Å². The molecule has 0 aliphatic carbocycles. The van der Waals surface area contributed by atoms with E-state index in [-0.39, 0.29) is 19.4 Å². The van der Waals surface area contributed by atoms with Crippen molar-refractivity contribution in [3.63, 3.8) is 0 Å². The van der Waals surface area contributed by atoms with Crippen molar-refractivity contribution in [1.29, 1.82) is 0 Å². The molecule has 0 aromatic heterocycles. The number of carbonyl (C=O) groups excluding carboxylic acids is 6. The van der Waals surface area contributed by atoms with Crippen LogP contribution in [0.1, 0.15) is 52.9 Å². The Kier molecular flexibility index (Phi) is 9.06. The van der Waals surface area contributed by atoms with Crippen LogP contribution in [0.3, 0.4) is 0 Å². The fraction of sp³-hybridized carbons (Fsp3) is 0.647. The molecule has 1 saturated heterocycles. The minimum Gasteiger partial charge on any atom is -0.463 e. The Morgan fingerprint density at radius 2 is 1.64 bits per heavy atom. The zero-order valence-electron chi connectivity index (χ0n) is 15.9. The quantitative estimate of drug-likeness (QED) is 0.215.